The zero-order chi connectivity index (χ0) is 34.8. The summed E-state index contributed by atoms with van der Waals surface area (Å²) in [5.41, 5.74) is -1.29. The molecule has 4 heterocycles. The third-order valence-electron chi connectivity index (χ3n) is 9.53. The average Bonchev–Trinajstić information content (AvgIpc) is 3.61. The van der Waals surface area contributed by atoms with E-state index < -0.39 is 53.6 Å². The van der Waals surface area contributed by atoms with Crippen molar-refractivity contribution in [2.24, 2.45) is 5.41 Å². The monoisotopic (exact) mass is 712 g/mol. The Morgan fingerprint density at radius 2 is 1.83 bits per heavy atom. The summed E-state index contributed by atoms with van der Waals surface area (Å²) in [5, 5.41) is 13.6. The summed E-state index contributed by atoms with van der Waals surface area (Å²) in [4.78, 5) is 30.4. The van der Waals surface area contributed by atoms with Crippen molar-refractivity contribution in [3.8, 4) is 0 Å². The van der Waals surface area contributed by atoms with Crippen molar-refractivity contribution in [3.63, 3.8) is 0 Å². The predicted molar refractivity (Wildman–Crippen MR) is 170 cm³/mol. The highest BCUT2D eigenvalue weighted by Gasteiger charge is 2.66. The molecule has 2 aromatic carbocycles. The molecule has 1 aromatic heterocycles. The van der Waals surface area contributed by atoms with E-state index in [1.165, 1.54) is 28.8 Å². The molecule has 1 spiro atoms. The second-order valence-electron chi connectivity index (χ2n) is 14.0. The number of hydrogen-bond donors (Lipinski definition) is 2. The van der Waals surface area contributed by atoms with Crippen LogP contribution in [0.15, 0.2) is 30.3 Å². The minimum Gasteiger partial charge on any atom is -0.325 e. The lowest BCUT2D eigenvalue weighted by Crippen LogP contribution is -2.49. The molecular weight excluding hydrogens is 678 g/mol. The SMILES string of the molecule is CC(C)(C)C[C@H]1N[C@@H](C(=O)CCCN2CCn3c(nnc3CC(F)(F)F)C2)[C@H](c2cccc(Cl)c2F)[C@@]12C(=O)Nc1cc(Cl)c(F)cc12. The number of Topliss-reactive ketones (excluding diaryl/α,β-unsaturated/α-hetero) is 1. The number of nitrogens with zero attached hydrogens (tertiary/aromatic N) is 4. The molecule has 15 heteroatoms. The van der Waals surface area contributed by atoms with Crippen molar-refractivity contribution in [3.05, 3.63) is 74.8 Å². The van der Waals surface area contributed by atoms with Gasteiger partial charge in [0.2, 0.25) is 5.91 Å². The van der Waals surface area contributed by atoms with Gasteiger partial charge in [0.05, 0.1) is 22.6 Å². The zero-order valence-electron chi connectivity index (χ0n) is 26.5. The summed E-state index contributed by atoms with van der Waals surface area (Å²) in [7, 11) is 0. The minimum atomic E-state index is -4.39. The van der Waals surface area contributed by atoms with Crippen LogP contribution in [0.5, 0.6) is 0 Å². The Hall–Kier alpha value is -3.13. The number of ketones is 1. The van der Waals surface area contributed by atoms with Gasteiger partial charge in [-0.2, -0.15) is 13.2 Å². The fraction of sp³-hybridized carbons (Fsp3) is 0.515. The molecule has 0 aliphatic carbocycles. The Kier molecular flexibility index (Phi) is 9.14. The van der Waals surface area contributed by atoms with Crippen molar-refractivity contribution in [1.82, 2.24) is 25.0 Å². The van der Waals surface area contributed by atoms with E-state index >= 15 is 8.78 Å². The van der Waals surface area contributed by atoms with Gasteiger partial charge in [0.15, 0.2) is 0 Å². The van der Waals surface area contributed by atoms with Crippen molar-refractivity contribution >= 4 is 40.6 Å². The molecular formula is C33H35Cl2F5N6O2. The molecule has 1 saturated heterocycles. The lowest BCUT2D eigenvalue weighted by molar-refractivity contribution is -0.129. The summed E-state index contributed by atoms with van der Waals surface area (Å²) < 4.78 is 71.4. The zero-order valence-corrected chi connectivity index (χ0v) is 28.0. The number of nitrogens with one attached hydrogen (secondary N) is 2. The molecule has 0 unspecified atom stereocenters. The Labute approximate surface area is 284 Å². The first kappa shape index (κ1) is 34.7. The third kappa shape index (κ3) is 6.34. The molecule has 0 radical (unpaired) electrons. The highest BCUT2D eigenvalue weighted by molar-refractivity contribution is 6.31. The van der Waals surface area contributed by atoms with E-state index in [2.05, 4.69) is 20.8 Å². The highest BCUT2D eigenvalue weighted by atomic mass is 35.5. The lowest BCUT2D eigenvalue weighted by Gasteiger charge is -2.37. The molecule has 8 nitrogen and oxygen atoms in total. The molecule has 1 amide bonds. The second-order valence-corrected chi connectivity index (χ2v) is 14.9. The van der Waals surface area contributed by atoms with E-state index in [0.29, 0.717) is 37.4 Å². The number of carbonyl (C=O) groups excluding carboxylic acids is 2. The van der Waals surface area contributed by atoms with Gasteiger partial charge in [-0.25, -0.2) is 8.78 Å². The van der Waals surface area contributed by atoms with Crippen LogP contribution in [-0.2, 0) is 34.5 Å². The van der Waals surface area contributed by atoms with Crippen molar-refractivity contribution in [1.29, 1.82) is 0 Å². The maximum atomic E-state index is 16.0. The van der Waals surface area contributed by atoms with Gasteiger partial charge in [0, 0.05) is 37.2 Å². The normalized spacial score (nSPS) is 24.2. The van der Waals surface area contributed by atoms with Crippen LogP contribution in [0.2, 0.25) is 10.0 Å². The van der Waals surface area contributed by atoms with Gasteiger partial charge in [-0.1, -0.05) is 56.1 Å². The summed E-state index contributed by atoms with van der Waals surface area (Å²) in [5.74, 6) is -3.07. The van der Waals surface area contributed by atoms with Gasteiger partial charge in [0.25, 0.3) is 0 Å². The van der Waals surface area contributed by atoms with Gasteiger partial charge < -0.3 is 15.2 Å². The summed E-state index contributed by atoms with van der Waals surface area (Å²) >= 11 is 12.3. The number of hydrogen-bond acceptors (Lipinski definition) is 6. The van der Waals surface area contributed by atoms with E-state index in [0.717, 1.165) is 0 Å². The van der Waals surface area contributed by atoms with Crippen LogP contribution in [0, 0.1) is 17.0 Å². The Bertz CT molecular complexity index is 1760. The molecule has 48 heavy (non-hydrogen) atoms. The van der Waals surface area contributed by atoms with E-state index in [-0.39, 0.29) is 57.7 Å². The summed E-state index contributed by atoms with van der Waals surface area (Å²) in [6.07, 6.45) is -4.72. The van der Waals surface area contributed by atoms with Gasteiger partial charge in [0.1, 0.15) is 40.9 Å². The predicted octanol–water partition coefficient (Wildman–Crippen LogP) is 6.58. The first-order valence-electron chi connectivity index (χ1n) is 15.7. The number of rotatable bonds is 8. The minimum absolute atomic E-state index is 0.0562. The molecule has 0 bridgehead atoms. The molecule has 6 rings (SSSR count). The fourth-order valence-electron chi connectivity index (χ4n) is 7.62. The molecule has 1 fully saturated rings. The van der Waals surface area contributed by atoms with E-state index in [1.807, 2.05) is 25.7 Å². The largest absolute Gasteiger partial charge is 0.396 e. The maximum Gasteiger partial charge on any atom is 0.396 e. The van der Waals surface area contributed by atoms with E-state index in [1.54, 1.807) is 6.07 Å². The van der Waals surface area contributed by atoms with Crippen LogP contribution < -0.4 is 10.6 Å². The number of aromatic nitrogens is 3. The second kappa shape index (κ2) is 12.6. The molecule has 4 atom stereocenters. The number of halogens is 7. The quantitative estimate of drug-likeness (QED) is 0.257. The topological polar surface area (TPSA) is 92.2 Å². The molecule has 258 valence electrons. The Balaban J connectivity index is 1.30. The van der Waals surface area contributed by atoms with Crippen molar-refractivity contribution in [2.45, 2.75) is 89.1 Å². The first-order chi connectivity index (χ1) is 22.5. The molecule has 2 N–H and O–H groups in total. The van der Waals surface area contributed by atoms with E-state index in [4.69, 9.17) is 23.2 Å². The lowest BCUT2D eigenvalue weighted by atomic mass is 9.62. The van der Waals surface area contributed by atoms with Gasteiger partial charge >= 0.3 is 6.18 Å². The van der Waals surface area contributed by atoms with Crippen LogP contribution in [0.4, 0.5) is 27.6 Å². The molecule has 3 aromatic rings. The fourth-order valence-corrected chi connectivity index (χ4v) is 7.96. The number of benzene rings is 2. The molecule has 3 aliphatic rings. The smallest absolute Gasteiger partial charge is 0.325 e. The van der Waals surface area contributed by atoms with Crippen LogP contribution >= 0.6 is 23.2 Å². The number of amides is 1. The number of carbonyl (C=O) groups is 2. The highest BCUT2D eigenvalue weighted by Crippen LogP contribution is 2.57. The van der Waals surface area contributed by atoms with Gasteiger partial charge in [-0.3, -0.25) is 14.5 Å². The number of anilines is 1. The molecule has 3 aliphatic heterocycles. The Morgan fingerprint density at radius 1 is 1.08 bits per heavy atom. The van der Waals surface area contributed by atoms with Crippen molar-refractivity contribution in [2.75, 3.05) is 18.4 Å². The van der Waals surface area contributed by atoms with Crippen molar-refractivity contribution < 1.29 is 31.5 Å². The van der Waals surface area contributed by atoms with Gasteiger partial charge in [-0.05, 0) is 54.1 Å². The Morgan fingerprint density at radius 3 is 2.54 bits per heavy atom. The first-order valence-corrected chi connectivity index (χ1v) is 16.5. The summed E-state index contributed by atoms with van der Waals surface area (Å²) in [6.45, 7) is 7.40. The van der Waals surface area contributed by atoms with Crippen LogP contribution in [0.25, 0.3) is 0 Å². The average molecular weight is 714 g/mol. The molecule has 0 saturated carbocycles. The third-order valence-corrected chi connectivity index (χ3v) is 10.1. The number of alkyl halides is 3. The summed E-state index contributed by atoms with van der Waals surface area (Å²) in [6, 6.07) is 5.24. The standard InChI is InChI=1S/C33H35Cl2F5N6O2/c1-31(2,3)14-24-33(18-12-21(36)20(35)13-22(18)41-30(33)48)27(17-6-4-7-19(34)28(17)37)29(42-24)23(47)8-5-9-45-10-11-46-25(15-32(38,39)40)43-44-26(46)16-45/h4,6-7,12-13,24,27,29,42H,5,8-11,14-16H2,1-3H3,(H,41,48)/t24-,27+,29+,33+/m1/s1. The number of fused-ring (bicyclic) bond motifs is 3. The van der Waals surface area contributed by atoms with Crippen LogP contribution in [0.1, 0.15) is 68.7 Å². The van der Waals surface area contributed by atoms with E-state index in [9.17, 15) is 22.8 Å². The van der Waals surface area contributed by atoms with Crippen LogP contribution in [0.3, 0.4) is 0 Å². The maximum absolute atomic E-state index is 16.0. The van der Waals surface area contributed by atoms with Crippen LogP contribution in [-0.4, -0.2) is 62.7 Å². The van der Waals surface area contributed by atoms with Gasteiger partial charge in [-0.15, -0.1) is 10.2 Å².